The summed E-state index contributed by atoms with van der Waals surface area (Å²) in [4.78, 5) is 19.5. The van der Waals surface area contributed by atoms with Crippen molar-refractivity contribution in [3.05, 3.63) is 64.5 Å². The zero-order chi connectivity index (χ0) is 19.5. The lowest BCUT2D eigenvalue weighted by Crippen LogP contribution is -2.38. The molecule has 0 radical (unpaired) electrons. The fourth-order valence-corrected chi connectivity index (χ4v) is 3.85. The van der Waals surface area contributed by atoms with Gasteiger partial charge in [0.25, 0.3) is 5.91 Å². The molecular weight excluding hydrogens is 422 g/mol. The number of carbonyl (C=O) groups excluding carboxylic acids is 1. The van der Waals surface area contributed by atoms with Crippen molar-refractivity contribution in [3.63, 3.8) is 0 Å². The van der Waals surface area contributed by atoms with Gasteiger partial charge in [0, 0.05) is 22.1 Å². The first kappa shape index (κ1) is 18.7. The van der Waals surface area contributed by atoms with E-state index < -0.39 is 0 Å². The van der Waals surface area contributed by atoms with E-state index in [2.05, 4.69) is 26.1 Å². The maximum absolute atomic E-state index is 13.1. The maximum atomic E-state index is 13.1. The largest absolute Gasteiger partial charge is 0.497 e. The zero-order valence-electron chi connectivity index (χ0n) is 15.5. The summed E-state index contributed by atoms with van der Waals surface area (Å²) in [7, 11) is 1.63. The third-order valence-corrected chi connectivity index (χ3v) is 5.40. The first-order chi connectivity index (χ1) is 13.7. The van der Waals surface area contributed by atoms with Crippen LogP contribution in [0.5, 0.6) is 5.75 Å². The molecule has 1 fully saturated rings. The number of halogens is 1. The van der Waals surface area contributed by atoms with Gasteiger partial charge in [0.05, 0.1) is 7.11 Å². The Labute approximate surface area is 171 Å². The minimum Gasteiger partial charge on any atom is -0.497 e. The van der Waals surface area contributed by atoms with Crippen molar-refractivity contribution in [2.45, 2.75) is 25.3 Å². The molecule has 0 aliphatic carbocycles. The van der Waals surface area contributed by atoms with E-state index in [1.54, 1.807) is 7.11 Å². The van der Waals surface area contributed by atoms with Crippen molar-refractivity contribution in [1.82, 2.24) is 15.0 Å². The van der Waals surface area contributed by atoms with Gasteiger partial charge in [0.1, 0.15) is 11.8 Å². The highest BCUT2D eigenvalue weighted by Gasteiger charge is 2.32. The second kappa shape index (κ2) is 8.14. The van der Waals surface area contributed by atoms with Crippen LogP contribution in [0.3, 0.4) is 0 Å². The summed E-state index contributed by atoms with van der Waals surface area (Å²) in [5.74, 6) is 1.74. The maximum Gasteiger partial charge on any atom is 0.254 e. The summed E-state index contributed by atoms with van der Waals surface area (Å²) in [6.45, 7) is 0.677. The lowest BCUT2D eigenvalue weighted by atomic mass is 10.0. The molecule has 1 amide bonds. The monoisotopic (exact) mass is 441 g/mol. The summed E-state index contributed by atoms with van der Waals surface area (Å²) in [6.07, 6.45) is 2.80. The molecule has 28 heavy (non-hydrogen) atoms. The number of aromatic nitrogens is 2. The molecule has 4 rings (SSSR count). The molecule has 2 aromatic carbocycles. The van der Waals surface area contributed by atoms with Gasteiger partial charge in [-0.2, -0.15) is 4.98 Å². The third-order valence-electron chi connectivity index (χ3n) is 4.91. The molecule has 1 aliphatic heterocycles. The minimum absolute atomic E-state index is 0.0183. The summed E-state index contributed by atoms with van der Waals surface area (Å²) >= 11 is 3.43. The van der Waals surface area contributed by atoms with Crippen molar-refractivity contribution in [3.8, 4) is 17.1 Å². The number of hydrogen-bond donors (Lipinski definition) is 0. The van der Waals surface area contributed by atoms with E-state index in [0.29, 0.717) is 23.8 Å². The molecule has 0 bridgehead atoms. The van der Waals surface area contributed by atoms with Crippen LogP contribution in [0.1, 0.15) is 41.6 Å². The number of amides is 1. The molecule has 1 unspecified atom stereocenters. The average Bonchev–Trinajstić information content (AvgIpc) is 3.23. The Morgan fingerprint density at radius 1 is 1.21 bits per heavy atom. The number of hydrogen-bond acceptors (Lipinski definition) is 5. The Bertz CT molecular complexity index is 971. The van der Waals surface area contributed by atoms with Gasteiger partial charge in [0.2, 0.25) is 11.7 Å². The molecule has 0 N–H and O–H groups in total. The van der Waals surface area contributed by atoms with Crippen molar-refractivity contribution in [2.24, 2.45) is 0 Å². The van der Waals surface area contributed by atoms with Crippen LogP contribution in [0.4, 0.5) is 0 Å². The third kappa shape index (κ3) is 3.80. The second-order valence-corrected chi connectivity index (χ2v) is 7.62. The molecule has 1 aliphatic rings. The molecule has 0 saturated carbocycles. The highest BCUT2D eigenvalue weighted by atomic mass is 79.9. The van der Waals surface area contributed by atoms with E-state index in [9.17, 15) is 4.79 Å². The molecule has 1 saturated heterocycles. The Morgan fingerprint density at radius 3 is 2.79 bits per heavy atom. The molecule has 144 valence electrons. The number of nitrogens with zero attached hydrogens (tertiary/aromatic N) is 3. The van der Waals surface area contributed by atoms with Crippen LogP contribution < -0.4 is 4.74 Å². The van der Waals surface area contributed by atoms with Crippen LogP contribution >= 0.6 is 15.9 Å². The van der Waals surface area contributed by atoms with Gasteiger partial charge in [0.15, 0.2) is 0 Å². The minimum atomic E-state index is -0.209. The predicted molar refractivity (Wildman–Crippen MR) is 108 cm³/mol. The summed E-state index contributed by atoms with van der Waals surface area (Å²) in [5.41, 5.74) is 1.49. The standard InChI is InChI=1S/C21H20BrN3O3/c1-27-17-10-8-14(9-11-17)19-23-20(28-24-19)18-7-2-3-12-25(18)21(26)15-5-4-6-16(22)13-15/h4-6,8-11,13,18H,2-3,7,12H2,1H3. The number of carbonyl (C=O) groups is 1. The molecule has 0 spiro atoms. The highest BCUT2D eigenvalue weighted by molar-refractivity contribution is 9.10. The molecule has 2 heterocycles. The highest BCUT2D eigenvalue weighted by Crippen LogP contribution is 2.32. The summed E-state index contributed by atoms with van der Waals surface area (Å²) in [6, 6.07) is 14.7. The molecule has 3 aromatic rings. The van der Waals surface area contributed by atoms with Gasteiger partial charge < -0.3 is 14.2 Å². The SMILES string of the molecule is COc1ccc(-c2noc(C3CCCCN3C(=O)c3cccc(Br)c3)n2)cc1. The lowest BCUT2D eigenvalue weighted by molar-refractivity contribution is 0.0561. The first-order valence-electron chi connectivity index (χ1n) is 9.20. The van der Waals surface area contributed by atoms with Gasteiger partial charge in [-0.3, -0.25) is 4.79 Å². The van der Waals surface area contributed by atoms with Crippen molar-refractivity contribution >= 4 is 21.8 Å². The van der Waals surface area contributed by atoms with E-state index in [1.807, 2.05) is 53.4 Å². The van der Waals surface area contributed by atoms with Gasteiger partial charge in [-0.15, -0.1) is 0 Å². The average molecular weight is 442 g/mol. The van der Waals surface area contributed by atoms with E-state index in [0.717, 1.165) is 35.0 Å². The first-order valence-corrected chi connectivity index (χ1v) is 9.99. The lowest BCUT2D eigenvalue weighted by Gasteiger charge is -2.33. The fraction of sp³-hybridized carbons (Fsp3) is 0.286. The van der Waals surface area contributed by atoms with Crippen LogP contribution in [0, 0.1) is 0 Å². The Hall–Kier alpha value is -2.67. The van der Waals surface area contributed by atoms with Crippen LogP contribution in [0.2, 0.25) is 0 Å². The number of methoxy groups -OCH3 is 1. The van der Waals surface area contributed by atoms with E-state index in [1.165, 1.54) is 0 Å². The summed E-state index contributed by atoms with van der Waals surface area (Å²) < 4.78 is 11.6. The van der Waals surface area contributed by atoms with Gasteiger partial charge in [-0.05, 0) is 61.7 Å². The topological polar surface area (TPSA) is 68.5 Å². The van der Waals surface area contributed by atoms with Crippen LogP contribution in [0.15, 0.2) is 57.5 Å². The van der Waals surface area contributed by atoms with Gasteiger partial charge in [-0.1, -0.05) is 27.2 Å². The number of ether oxygens (including phenoxy) is 1. The van der Waals surface area contributed by atoms with Crippen LogP contribution in [0.25, 0.3) is 11.4 Å². The summed E-state index contributed by atoms with van der Waals surface area (Å²) in [5, 5.41) is 4.13. The Balaban J connectivity index is 1.59. The van der Waals surface area contributed by atoms with Crippen molar-refractivity contribution < 1.29 is 14.1 Å². The number of likely N-dealkylation sites (tertiary alicyclic amines) is 1. The molecule has 7 heteroatoms. The smallest absolute Gasteiger partial charge is 0.254 e. The van der Waals surface area contributed by atoms with E-state index in [4.69, 9.17) is 9.26 Å². The second-order valence-electron chi connectivity index (χ2n) is 6.71. The molecule has 1 aromatic heterocycles. The molecular formula is C21H20BrN3O3. The number of rotatable bonds is 4. The quantitative estimate of drug-likeness (QED) is 0.577. The van der Waals surface area contributed by atoms with E-state index >= 15 is 0 Å². The van der Waals surface area contributed by atoms with Gasteiger partial charge in [-0.25, -0.2) is 0 Å². The van der Waals surface area contributed by atoms with E-state index in [-0.39, 0.29) is 11.9 Å². The predicted octanol–water partition coefficient (Wildman–Crippen LogP) is 4.88. The van der Waals surface area contributed by atoms with Crippen molar-refractivity contribution in [1.29, 1.82) is 0 Å². The zero-order valence-corrected chi connectivity index (χ0v) is 17.1. The number of piperidine rings is 1. The van der Waals surface area contributed by atoms with Crippen LogP contribution in [-0.2, 0) is 0 Å². The van der Waals surface area contributed by atoms with Crippen LogP contribution in [-0.4, -0.2) is 34.6 Å². The normalized spacial score (nSPS) is 16.8. The number of benzene rings is 2. The fourth-order valence-electron chi connectivity index (χ4n) is 3.45. The molecule has 1 atom stereocenters. The Morgan fingerprint density at radius 2 is 2.04 bits per heavy atom. The van der Waals surface area contributed by atoms with Crippen molar-refractivity contribution in [2.75, 3.05) is 13.7 Å². The Kier molecular flexibility index (Phi) is 5.43. The van der Waals surface area contributed by atoms with Gasteiger partial charge >= 0.3 is 0 Å². The molecule has 6 nitrogen and oxygen atoms in total.